The Morgan fingerprint density at radius 3 is 2.95 bits per heavy atom. The van der Waals surface area contributed by atoms with Gasteiger partial charge in [-0.1, -0.05) is 6.92 Å². The summed E-state index contributed by atoms with van der Waals surface area (Å²) in [4.78, 5) is 19.4. The molecule has 5 heteroatoms. The molecule has 3 rings (SSSR count). The van der Waals surface area contributed by atoms with Gasteiger partial charge in [0, 0.05) is 35.6 Å². The second-order valence-electron chi connectivity index (χ2n) is 4.82. The third-order valence-electron chi connectivity index (χ3n) is 3.31. The first-order chi connectivity index (χ1) is 10.3. The number of aldehydes is 1. The van der Waals surface area contributed by atoms with Crippen molar-refractivity contribution in [1.82, 2.24) is 14.5 Å². The van der Waals surface area contributed by atoms with Crippen LogP contribution >= 0.6 is 0 Å². The lowest BCUT2D eigenvalue weighted by Gasteiger charge is -2.09. The predicted molar refractivity (Wildman–Crippen MR) is 83.0 cm³/mol. The van der Waals surface area contributed by atoms with Crippen molar-refractivity contribution in [2.24, 2.45) is 0 Å². The monoisotopic (exact) mass is 280 g/mol. The van der Waals surface area contributed by atoms with Crippen molar-refractivity contribution in [2.45, 2.75) is 13.3 Å². The van der Waals surface area contributed by atoms with Gasteiger partial charge in [-0.3, -0.25) is 4.79 Å². The van der Waals surface area contributed by atoms with Crippen molar-refractivity contribution in [1.29, 1.82) is 0 Å². The van der Waals surface area contributed by atoms with Crippen LogP contribution in [0.25, 0.3) is 16.6 Å². The Labute approximate surface area is 122 Å². The fourth-order valence-electron chi connectivity index (χ4n) is 2.23. The largest absolute Gasteiger partial charge is 0.369 e. The van der Waals surface area contributed by atoms with Gasteiger partial charge >= 0.3 is 0 Å². The van der Waals surface area contributed by atoms with Crippen LogP contribution in [-0.2, 0) is 0 Å². The van der Waals surface area contributed by atoms with Gasteiger partial charge in [0.05, 0.1) is 5.52 Å². The fraction of sp³-hybridized carbons (Fsp3) is 0.188. The van der Waals surface area contributed by atoms with Gasteiger partial charge in [-0.05, 0) is 30.7 Å². The average Bonchev–Trinajstić information content (AvgIpc) is 3.01. The van der Waals surface area contributed by atoms with Crippen LogP contribution in [-0.4, -0.2) is 27.4 Å². The number of hydrogen-bond donors (Lipinski definition) is 1. The number of fused-ring (bicyclic) bond motifs is 1. The maximum absolute atomic E-state index is 10.8. The number of benzene rings is 1. The summed E-state index contributed by atoms with van der Waals surface area (Å²) in [6.45, 7) is 3.00. The molecular formula is C16H16N4O. The first kappa shape index (κ1) is 13.3. The highest BCUT2D eigenvalue weighted by Crippen LogP contribution is 2.22. The summed E-state index contributed by atoms with van der Waals surface area (Å²) in [5.41, 5.74) is 2.50. The molecule has 0 atom stereocenters. The zero-order valence-corrected chi connectivity index (χ0v) is 11.8. The predicted octanol–water partition coefficient (Wildman–Crippen LogP) is 3.05. The van der Waals surface area contributed by atoms with Crippen LogP contribution in [0.5, 0.6) is 0 Å². The number of nitrogens with one attached hydrogen (secondary N) is 1. The molecule has 5 nitrogen and oxygen atoms in total. The molecule has 2 aromatic heterocycles. The lowest BCUT2D eigenvalue weighted by Crippen LogP contribution is -2.03. The zero-order chi connectivity index (χ0) is 14.7. The van der Waals surface area contributed by atoms with E-state index in [1.165, 1.54) is 0 Å². The van der Waals surface area contributed by atoms with Gasteiger partial charge in [-0.2, -0.15) is 0 Å². The van der Waals surface area contributed by atoms with Crippen molar-refractivity contribution in [2.75, 3.05) is 11.9 Å². The van der Waals surface area contributed by atoms with E-state index in [-0.39, 0.29) is 0 Å². The summed E-state index contributed by atoms with van der Waals surface area (Å²) in [6, 6.07) is 7.77. The number of hydrogen-bond acceptors (Lipinski definition) is 4. The van der Waals surface area contributed by atoms with Crippen LogP contribution in [0.15, 0.2) is 43.0 Å². The van der Waals surface area contributed by atoms with Crippen molar-refractivity contribution in [3.05, 3.63) is 48.5 Å². The highest BCUT2D eigenvalue weighted by atomic mass is 16.1. The molecule has 21 heavy (non-hydrogen) atoms. The summed E-state index contributed by atoms with van der Waals surface area (Å²) in [7, 11) is 0. The SMILES string of the molecule is CCCNc1ncnc2cc(-n3ccc(C=O)c3)ccc12. The molecular weight excluding hydrogens is 264 g/mol. The average molecular weight is 280 g/mol. The Bertz CT molecular complexity index is 779. The van der Waals surface area contributed by atoms with E-state index in [1.807, 2.05) is 29.0 Å². The summed E-state index contributed by atoms with van der Waals surface area (Å²) < 4.78 is 1.91. The number of anilines is 1. The van der Waals surface area contributed by atoms with E-state index in [4.69, 9.17) is 0 Å². The molecule has 0 fully saturated rings. The van der Waals surface area contributed by atoms with E-state index in [1.54, 1.807) is 18.6 Å². The standard InChI is InChI=1S/C16H16N4O/c1-2-6-17-16-14-4-3-13(8-15(14)18-11-19-16)20-7-5-12(9-20)10-21/h3-5,7-11H,2,6H2,1H3,(H,17,18,19). The van der Waals surface area contributed by atoms with Gasteiger partial charge in [-0.25, -0.2) is 9.97 Å². The Kier molecular flexibility index (Phi) is 3.64. The van der Waals surface area contributed by atoms with Gasteiger partial charge in [0.1, 0.15) is 12.1 Å². The molecule has 0 spiro atoms. The molecule has 3 aromatic rings. The highest BCUT2D eigenvalue weighted by molar-refractivity contribution is 5.90. The molecule has 0 bridgehead atoms. The number of aromatic nitrogens is 3. The molecule has 2 heterocycles. The molecule has 0 aliphatic carbocycles. The van der Waals surface area contributed by atoms with Crippen LogP contribution in [0.1, 0.15) is 23.7 Å². The first-order valence-corrected chi connectivity index (χ1v) is 6.94. The second kappa shape index (κ2) is 5.75. The summed E-state index contributed by atoms with van der Waals surface area (Å²) in [5.74, 6) is 0.856. The van der Waals surface area contributed by atoms with Crippen molar-refractivity contribution >= 4 is 23.0 Å². The maximum Gasteiger partial charge on any atom is 0.151 e. The molecule has 0 saturated carbocycles. The number of carbonyl (C=O) groups is 1. The second-order valence-corrected chi connectivity index (χ2v) is 4.82. The Hall–Kier alpha value is -2.69. The van der Waals surface area contributed by atoms with E-state index in [0.29, 0.717) is 5.56 Å². The van der Waals surface area contributed by atoms with Gasteiger partial charge in [0.2, 0.25) is 0 Å². The first-order valence-electron chi connectivity index (χ1n) is 6.94. The Balaban J connectivity index is 2.02. The molecule has 0 amide bonds. The van der Waals surface area contributed by atoms with Gasteiger partial charge in [0.15, 0.2) is 6.29 Å². The van der Waals surface area contributed by atoms with Gasteiger partial charge in [0.25, 0.3) is 0 Å². The van der Waals surface area contributed by atoms with Crippen molar-refractivity contribution in [3.8, 4) is 5.69 Å². The minimum Gasteiger partial charge on any atom is -0.369 e. The number of carbonyl (C=O) groups excluding carboxylic acids is 1. The van der Waals surface area contributed by atoms with Crippen LogP contribution in [0.2, 0.25) is 0 Å². The summed E-state index contributed by atoms with van der Waals surface area (Å²) >= 11 is 0. The molecule has 0 saturated heterocycles. The lowest BCUT2D eigenvalue weighted by atomic mass is 10.2. The Morgan fingerprint density at radius 2 is 2.19 bits per heavy atom. The minimum absolute atomic E-state index is 0.656. The molecule has 0 aliphatic rings. The van der Waals surface area contributed by atoms with Crippen LogP contribution in [0.4, 0.5) is 5.82 Å². The van der Waals surface area contributed by atoms with Crippen LogP contribution in [0, 0.1) is 0 Å². The fourth-order valence-corrected chi connectivity index (χ4v) is 2.23. The van der Waals surface area contributed by atoms with Crippen LogP contribution in [0.3, 0.4) is 0 Å². The number of rotatable bonds is 5. The molecule has 106 valence electrons. The van der Waals surface area contributed by atoms with E-state index in [0.717, 1.165) is 41.7 Å². The quantitative estimate of drug-likeness (QED) is 0.730. The molecule has 1 aromatic carbocycles. The third kappa shape index (κ3) is 2.63. The highest BCUT2D eigenvalue weighted by Gasteiger charge is 2.05. The van der Waals surface area contributed by atoms with E-state index < -0.39 is 0 Å². The van der Waals surface area contributed by atoms with E-state index in [2.05, 4.69) is 22.2 Å². The van der Waals surface area contributed by atoms with Crippen molar-refractivity contribution in [3.63, 3.8) is 0 Å². The molecule has 0 aliphatic heterocycles. The van der Waals surface area contributed by atoms with Crippen molar-refractivity contribution < 1.29 is 4.79 Å². The number of nitrogens with zero attached hydrogens (tertiary/aromatic N) is 3. The van der Waals surface area contributed by atoms with Gasteiger partial charge in [-0.15, -0.1) is 0 Å². The maximum atomic E-state index is 10.8. The summed E-state index contributed by atoms with van der Waals surface area (Å²) in [5, 5.41) is 4.30. The molecule has 0 unspecified atom stereocenters. The Morgan fingerprint density at radius 1 is 1.29 bits per heavy atom. The molecule has 1 N–H and O–H groups in total. The van der Waals surface area contributed by atoms with E-state index in [9.17, 15) is 4.79 Å². The third-order valence-corrected chi connectivity index (χ3v) is 3.31. The summed E-state index contributed by atoms with van der Waals surface area (Å²) in [6.07, 6.45) is 7.11. The topological polar surface area (TPSA) is 59.8 Å². The smallest absolute Gasteiger partial charge is 0.151 e. The molecule has 0 radical (unpaired) electrons. The van der Waals surface area contributed by atoms with Crippen LogP contribution < -0.4 is 5.32 Å². The normalized spacial score (nSPS) is 10.7. The van der Waals surface area contributed by atoms with Gasteiger partial charge < -0.3 is 9.88 Å². The lowest BCUT2D eigenvalue weighted by molar-refractivity contribution is 0.112. The zero-order valence-electron chi connectivity index (χ0n) is 11.8. The minimum atomic E-state index is 0.656. The van der Waals surface area contributed by atoms with E-state index >= 15 is 0 Å².